The summed E-state index contributed by atoms with van der Waals surface area (Å²) >= 11 is 0. The number of ether oxygens (including phenoxy) is 3. The van der Waals surface area contributed by atoms with Crippen molar-refractivity contribution >= 4 is 0 Å². The van der Waals surface area contributed by atoms with E-state index in [4.69, 9.17) is 14.2 Å². The molecule has 4 heteroatoms. The van der Waals surface area contributed by atoms with E-state index >= 15 is 0 Å². The summed E-state index contributed by atoms with van der Waals surface area (Å²) in [4.78, 5) is 0. The molecular formula is C21H24O4. The Labute approximate surface area is 148 Å². The standard InChI is InChI=1S/C21H24O4/c1-12-4-5-14(8-13(12)2)20-16-10-25-21(17(16)11-24-20)15-6-7-18(22)19(9-15)23-3/h4-9,16-17,20-22H,10-11H2,1-3H3/t16?,17?,20-,21+/m1/s1. The van der Waals surface area contributed by atoms with Crippen LogP contribution in [0.15, 0.2) is 36.4 Å². The van der Waals surface area contributed by atoms with Crippen molar-refractivity contribution in [3.05, 3.63) is 58.7 Å². The summed E-state index contributed by atoms with van der Waals surface area (Å²) in [5.41, 5.74) is 4.87. The lowest BCUT2D eigenvalue weighted by Gasteiger charge is -2.18. The molecule has 2 saturated heterocycles. The van der Waals surface area contributed by atoms with E-state index in [0.29, 0.717) is 30.8 Å². The second-order valence-corrected chi connectivity index (χ2v) is 7.11. The Balaban J connectivity index is 1.58. The Morgan fingerprint density at radius 3 is 2.08 bits per heavy atom. The van der Waals surface area contributed by atoms with Crippen molar-refractivity contribution in [3.63, 3.8) is 0 Å². The number of methoxy groups -OCH3 is 1. The molecule has 0 aromatic heterocycles. The zero-order chi connectivity index (χ0) is 17.6. The summed E-state index contributed by atoms with van der Waals surface area (Å²) in [7, 11) is 1.56. The van der Waals surface area contributed by atoms with E-state index in [-0.39, 0.29) is 18.0 Å². The lowest BCUT2D eigenvalue weighted by molar-refractivity contribution is 0.0192. The molecule has 2 aromatic carbocycles. The highest BCUT2D eigenvalue weighted by atomic mass is 16.5. The van der Waals surface area contributed by atoms with Crippen molar-refractivity contribution in [2.75, 3.05) is 20.3 Å². The predicted molar refractivity (Wildman–Crippen MR) is 94.9 cm³/mol. The lowest BCUT2D eigenvalue weighted by Crippen LogP contribution is -2.14. The first-order valence-corrected chi connectivity index (χ1v) is 8.75. The number of rotatable bonds is 3. The first-order valence-electron chi connectivity index (χ1n) is 8.75. The van der Waals surface area contributed by atoms with Crippen LogP contribution in [0.4, 0.5) is 0 Å². The van der Waals surface area contributed by atoms with E-state index in [2.05, 4.69) is 32.0 Å². The molecule has 2 aromatic rings. The molecule has 4 atom stereocenters. The molecule has 0 saturated carbocycles. The summed E-state index contributed by atoms with van der Waals surface area (Å²) in [5, 5.41) is 9.81. The highest BCUT2D eigenvalue weighted by molar-refractivity contribution is 5.43. The minimum atomic E-state index is -0.0176. The Bertz CT molecular complexity index is 785. The third kappa shape index (κ3) is 2.79. The molecule has 0 radical (unpaired) electrons. The number of aromatic hydroxyl groups is 1. The Hall–Kier alpha value is -2.04. The molecule has 4 rings (SSSR count). The zero-order valence-corrected chi connectivity index (χ0v) is 14.9. The van der Waals surface area contributed by atoms with Crippen molar-refractivity contribution in [1.29, 1.82) is 0 Å². The van der Waals surface area contributed by atoms with Gasteiger partial charge in [0.15, 0.2) is 11.5 Å². The summed E-state index contributed by atoms with van der Waals surface area (Å²) in [6, 6.07) is 12.0. The van der Waals surface area contributed by atoms with E-state index in [1.165, 1.54) is 16.7 Å². The fourth-order valence-corrected chi connectivity index (χ4v) is 4.05. The monoisotopic (exact) mass is 340 g/mol. The molecule has 2 fully saturated rings. The van der Waals surface area contributed by atoms with Gasteiger partial charge in [-0.2, -0.15) is 0 Å². The molecule has 2 heterocycles. The highest BCUT2D eigenvalue weighted by Crippen LogP contribution is 2.50. The summed E-state index contributed by atoms with van der Waals surface area (Å²) in [6.45, 7) is 5.65. The van der Waals surface area contributed by atoms with E-state index in [1.54, 1.807) is 13.2 Å². The molecule has 0 aliphatic carbocycles. The summed E-state index contributed by atoms with van der Waals surface area (Å²) in [6.07, 6.45) is 0.0735. The van der Waals surface area contributed by atoms with E-state index in [9.17, 15) is 5.11 Å². The van der Waals surface area contributed by atoms with Crippen LogP contribution in [-0.4, -0.2) is 25.4 Å². The molecule has 4 nitrogen and oxygen atoms in total. The maximum absolute atomic E-state index is 9.81. The van der Waals surface area contributed by atoms with Gasteiger partial charge in [-0.05, 0) is 48.2 Å². The van der Waals surface area contributed by atoms with Crippen molar-refractivity contribution in [1.82, 2.24) is 0 Å². The Morgan fingerprint density at radius 2 is 1.48 bits per heavy atom. The average Bonchev–Trinajstić information content (AvgIpc) is 3.20. The first kappa shape index (κ1) is 16.4. The fraction of sp³-hybridized carbons (Fsp3) is 0.429. The smallest absolute Gasteiger partial charge is 0.160 e. The summed E-state index contributed by atoms with van der Waals surface area (Å²) < 4.78 is 17.5. The number of benzene rings is 2. The van der Waals surface area contributed by atoms with Gasteiger partial charge in [0.2, 0.25) is 0 Å². The van der Waals surface area contributed by atoms with Crippen LogP contribution in [0.1, 0.15) is 34.5 Å². The number of phenolic OH excluding ortho intramolecular Hbond substituents is 1. The van der Waals surface area contributed by atoms with Crippen LogP contribution in [0.3, 0.4) is 0 Å². The van der Waals surface area contributed by atoms with Gasteiger partial charge in [0, 0.05) is 11.8 Å². The number of phenols is 1. The molecule has 2 unspecified atom stereocenters. The number of hydrogen-bond acceptors (Lipinski definition) is 4. The lowest BCUT2D eigenvalue weighted by atomic mass is 9.84. The molecule has 2 aliphatic heterocycles. The van der Waals surface area contributed by atoms with Crippen LogP contribution in [0.5, 0.6) is 11.5 Å². The second kappa shape index (κ2) is 6.36. The van der Waals surface area contributed by atoms with E-state index in [1.807, 2.05) is 12.1 Å². The Kier molecular flexibility index (Phi) is 4.18. The molecule has 0 amide bonds. The second-order valence-electron chi connectivity index (χ2n) is 7.11. The van der Waals surface area contributed by atoms with Crippen LogP contribution in [0.25, 0.3) is 0 Å². The molecular weight excluding hydrogens is 316 g/mol. The Morgan fingerprint density at radius 1 is 0.880 bits per heavy atom. The maximum atomic E-state index is 9.81. The molecule has 0 bridgehead atoms. The minimum Gasteiger partial charge on any atom is -0.504 e. The van der Waals surface area contributed by atoms with Gasteiger partial charge in [-0.25, -0.2) is 0 Å². The number of hydrogen-bond donors (Lipinski definition) is 1. The molecule has 25 heavy (non-hydrogen) atoms. The largest absolute Gasteiger partial charge is 0.504 e. The van der Waals surface area contributed by atoms with Crippen molar-refractivity contribution in [2.45, 2.75) is 26.1 Å². The summed E-state index contributed by atoms with van der Waals surface area (Å²) in [5.74, 6) is 1.30. The topological polar surface area (TPSA) is 47.9 Å². The molecule has 0 spiro atoms. The first-order chi connectivity index (χ1) is 12.1. The molecule has 132 valence electrons. The number of fused-ring (bicyclic) bond motifs is 1. The molecule has 2 aliphatic rings. The zero-order valence-electron chi connectivity index (χ0n) is 14.9. The number of aryl methyl sites for hydroxylation is 2. The molecule has 1 N–H and O–H groups in total. The predicted octanol–water partition coefficient (Wildman–Crippen LogP) is 4.09. The van der Waals surface area contributed by atoms with Crippen LogP contribution >= 0.6 is 0 Å². The van der Waals surface area contributed by atoms with Crippen molar-refractivity contribution in [2.24, 2.45) is 11.8 Å². The maximum Gasteiger partial charge on any atom is 0.160 e. The highest BCUT2D eigenvalue weighted by Gasteiger charge is 2.48. The van der Waals surface area contributed by atoms with Gasteiger partial charge in [0.1, 0.15) is 0 Å². The van der Waals surface area contributed by atoms with Crippen molar-refractivity contribution in [3.8, 4) is 11.5 Å². The van der Waals surface area contributed by atoms with Crippen LogP contribution < -0.4 is 4.74 Å². The van der Waals surface area contributed by atoms with Gasteiger partial charge in [-0.3, -0.25) is 0 Å². The normalized spacial score (nSPS) is 28.1. The van der Waals surface area contributed by atoms with Crippen molar-refractivity contribution < 1.29 is 19.3 Å². The van der Waals surface area contributed by atoms with Crippen LogP contribution in [0.2, 0.25) is 0 Å². The fourth-order valence-electron chi connectivity index (χ4n) is 4.05. The quantitative estimate of drug-likeness (QED) is 0.914. The van der Waals surface area contributed by atoms with Gasteiger partial charge in [0.05, 0.1) is 32.5 Å². The van der Waals surface area contributed by atoms with Gasteiger partial charge in [-0.15, -0.1) is 0 Å². The van der Waals surface area contributed by atoms with Gasteiger partial charge < -0.3 is 19.3 Å². The van der Waals surface area contributed by atoms with Gasteiger partial charge in [0.25, 0.3) is 0 Å². The van der Waals surface area contributed by atoms with Gasteiger partial charge >= 0.3 is 0 Å². The minimum absolute atomic E-state index is 0.0176. The SMILES string of the molecule is COc1cc([C@@H]2OCC3C2CO[C@@H]3c2ccc(C)c(C)c2)ccc1O. The van der Waals surface area contributed by atoms with E-state index in [0.717, 1.165) is 5.56 Å². The van der Waals surface area contributed by atoms with Crippen LogP contribution in [-0.2, 0) is 9.47 Å². The van der Waals surface area contributed by atoms with E-state index < -0.39 is 0 Å². The third-order valence-corrected chi connectivity index (χ3v) is 5.66. The third-order valence-electron chi connectivity index (χ3n) is 5.66. The van der Waals surface area contributed by atoms with Gasteiger partial charge in [-0.1, -0.05) is 24.3 Å². The van der Waals surface area contributed by atoms with Crippen LogP contribution in [0, 0.1) is 25.7 Å². The average molecular weight is 340 g/mol.